The molecule has 1 N–H and O–H groups in total. The van der Waals surface area contributed by atoms with Crippen molar-refractivity contribution in [3.05, 3.63) is 0 Å². The molecule has 0 amide bonds. The fourth-order valence-electron chi connectivity index (χ4n) is 1.85. The van der Waals surface area contributed by atoms with Crippen molar-refractivity contribution in [2.45, 2.75) is 54.5 Å². The number of hydrogen-bond donors (Lipinski definition) is 1. The predicted octanol–water partition coefficient (Wildman–Crippen LogP) is 4.55. The van der Waals surface area contributed by atoms with Gasteiger partial charge in [0.05, 0.1) is 13.2 Å². The first kappa shape index (κ1) is 34.7. The minimum absolute atomic E-state index is 1.68. The molecule has 0 heterocycles. The van der Waals surface area contributed by atoms with Gasteiger partial charge >= 0.3 is 58.8 Å². The van der Waals surface area contributed by atoms with Gasteiger partial charge < -0.3 is 9.47 Å². The Kier molecular flexibility index (Phi) is 10.8. The lowest BCUT2D eigenvalue weighted by Gasteiger charge is -2.39. The first-order valence-electron chi connectivity index (χ1n) is 8.31. The minimum atomic E-state index is -7.87. The summed E-state index contributed by atoms with van der Waals surface area (Å²) in [5.41, 5.74) is 0. The van der Waals surface area contributed by atoms with E-state index in [1.807, 2.05) is 0 Å². The molecule has 0 saturated heterocycles. The zero-order valence-corrected chi connectivity index (χ0v) is 17.3. The summed E-state index contributed by atoms with van der Waals surface area (Å²) in [7, 11) is -5.67. The van der Waals surface area contributed by atoms with Gasteiger partial charge in [0.25, 0.3) is 0 Å². The second kappa shape index (κ2) is 11.2. The van der Waals surface area contributed by atoms with E-state index in [2.05, 4.69) is 13.7 Å². The van der Waals surface area contributed by atoms with Crippen LogP contribution in [0.25, 0.3) is 0 Å². The van der Waals surface area contributed by atoms with E-state index in [1.54, 1.807) is 0 Å². The fourth-order valence-corrected chi connectivity index (χ4v) is 2.30. The third-order valence-corrected chi connectivity index (χ3v) is 4.22. The second-order valence-electron chi connectivity index (χ2n) is 6.59. The van der Waals surface area contributed by atoms with Crippen LogP contribution in [0.5, 0.6) is 0 Å². The van der Waals surface area contributed by atoms with Crippen LogP contribution in [0.1, 0.15) is 0 Å². The molecule has 0 bridgehead atoms. The lowest BCUT2D eigenvalue weighted by Crippen LogP contribution is -2.69. The zero-order valence-electron chi connectivity index (χ0n) is 16.5. The second-order valence-corrected chi connectivity index (χ2v) is 7.64. The molecule has 0 aliphatic heterocycles. The molecule has 0 aliphatic rings. The van der Waals surface area contributed by atoms with Crippen LogP contribution in [0.15, 0.2) is 0 Å². The molecule has 218 valence electrons. The summed E-state index contributed by atoms with van der Waals surface area (Å²) in [6, 6.07) is 0. The first-order valence-corrected chi connectivity index (χ1v) is 9.68. The highest BCUT2D eigenvalue weighted by Gasteiger charge is 2.87. The van der Waals surface area contributed by atoms with Crippen molar-refractivity contribution >= 4 is 10.4 Å². The van der Waals surface area contributed by atoms with Gasteiger partial charge in [0.2, 0.25) is 0 Å². The average molecular weight is 600 g/mol. The van der Waals surface area contributed by atoms with E-state index >= 15 is 0 Å². The van der Waals surface area contributed by atoms with Gasteiger partial charge in [-0.2, -0.15) is 61.1 Å². The molecular formula is C13H12F16O6S. The molecule has 0 rings (SSSR count). The van der Waals surface area contributed by atoms with Crippen LogP contribution in [0.3, 0.4) is 0 Å². The van der Waals surface area contributed by atoms with Gasteiger partial charge in [0.1, 0.15) is 19.3 Å². The molecule has 0 saturated carbocycles. The van der Waals surface area contributed by atoms with Gasteiger partial charge in [-0.3, -0.25) is 4.55 Å². The Bertz CT molecular complexity index is 817. The van der Waals surface area contributed by atoms with Gasteiger partial charge in [-0.05, 0) is 0 Å². The van der Waals surface area contributed by atoms with Gasteiger partial charge in [-0.15, -0.1) is 0 Å². The molecule has 1 unspecified atom stereocenters. The van der Waals surface area contributed by atoms with Crippen molar-refractivity contribution in [3.8, 4) is 0 Å². The maximum atomic E-state index is 13.6. The lowest BCUT2D eigenvalue weighted by atomic mass is 9.94. The first-order chi connectivity index (χ1) is 15.7. The molecule has 0 aromatic heterocycles. The molecule has 0 radical (unpaired) electrons. The third kappa shape index (κ3) is 7.60. The van der Waals surface area contributed by atoms with Gasteiger partial charge in [0.15, 0.2) is 0 Å². The van der Waals surface area contributed by atoms with Crippen molar-refractivity contribution in [3.63, 3.8) is 0 Å². The predicted molar refractivity (Wildman–Crippen MR) is 79.7 cm³/mol. The molecule has 36 heavy (non-hydrogen) atoms. The fraction of sp³-hybridized carbons (Fsp3) is 1.00. The van der Waals surface area contributed by atoms with Crippen molar-refractivity contribution in [2.75, 3.05) is 26.4 Å². The Morgan fingerprint density at radius 3 is 1.42 bits per heavy atom. The summed E-state index contributed by atoms with van der Waals surface area (Å²) in [4.78, 5) is 0. The summed E-state index contributed by atoms with van der Waals surface area (Å²) >= 11 is 0. The van der Waals surface area contributed by atoms with E-state index in [1.165, 1.54) is 0 Å². The summed E-state index contributed by atoms with van der Waals surface area (Å²) in [6.07, 6.45) is -12.7. The highest BCUT2D eigenvalue weighted by atomic mass is 32.3. The summed E-state index contributed by atoms with van der Waals surface area (Å²) in [5, 5.41) is 0. The number of alkyl halides is 16. The Hall–Kier alpha value is -1.33. The SMILES string of the molecule is O=S(=O)(O)OC(COCC(F)(F)C(F)F)COCC(F)(F)C(F)(F)C(F)(F)C(F)(F)C(F)(F)C(F)F. The van der Waals surface area contributed by atoms with Gasteiger partial charge in [-0.1, -0.05) is 0 Å². The number of rotatable bonds is 16. The highest BCUT2D eigenvalue weighted by Crippen LogP contribution is 2.58. The van der Waals surface area contributed by atoms with Crippen LogP contribution in [0.4, 0.5) is 70.2 Å². The zero-order chi connectivity index (χ0) is 29.2. The Balaban J connectivity index is 5.59. The lowest BCUT2D eigenvalue weighted by molar-refractivity contribution is -0.415. The summed E-state index contributed by atoms with van der Waals surface area (Å²) in [6.45, 7) is -9.03. The van der Waals surface area contributed by atoms with E-state index in [0.717, 1.165) is 0 Å². The smallest absolute Gasteiger partial charge is 0.372 e. The molecule has 0 fully saturated rings. The van der Waals surface area contributed by atoms with E-state index in [4.69, 9.17) is 4.55 Å². The maximum absolute atomic E-state index is 13.6. The number of hydrogen-bond acceptors (Lipinski definition) is 5. The normalized spacial score (nSPS) is 16.2. The molecular weight excluding hydrogens is 588 g/mol. The molecule has 23 heteroatoms. The van der Waals surface area contributed by atoms with Crippen molar-refractivity contribution < 1.29 is 96.9 Å². The van der Waals surface area contributed by atoms with Crippen LogP contribution in [0.2, 0.25) is 0 Å². The summed E-state index contributed by atoms with van der Waals surface area (Å²) < 4.78 is 246. The Morgan fingerprint density at radius 2 is 1.06 bits per heavy atom. The van der Waals surface area contributed by atoms with Gasteiger partial charge in [0, 0.05) is 0 Å². The van der Waals surface area contributed by atoms with Crippen LogP contribution < -0.4 is 0 Å². The summed E-state index contributed by atoms with van der Waals surface area (Å²) in [5.74, 6) is -42.0. The Labute approximate surface area is 189 Å². The van der Waals surface area contributed by atoms with Crippen LogP contribution in [0, 0.1) is 0 Å². The topological polar surface area (TPSA) is 82.1 Å². The molecule has 6 nitrogen and oxygen atoms in total. The molecule has 0 aromatic rings. The van der Waals surface area contributed by atoms with Crippen LogP contribution in [-0.4, -0.2) is 93.9 Å². The van der Waals surface area contributed by atoms with Crippen molar-refractivity contribution in [2.24, 2.45) is 0 Å². The molecule has 0 aliphatic carbocycles. The van der Waals surface area contributed by atoms with Crippen molar-refractivity contribution in [1.82, 2.24) is 0 Å². The highest BCUT2D eigenvalue weighted by molar-refractivity contribution is 7.80. The van der Waals surface area contributed by atoms with Crippen LogP contribution >= 0.6 is 0 Å². The quantitative estimate of drug-likeness (QED) is 0.207. The molecule has 0 spiro atoms. The van der Waals surface area contributed by atoms with E-state index in [9.17, 15) is 78.7 Å². The maximum Gasteiger partial charge on any atom is 0.397 e. The van der Waals surface area contributed by atoms with E-state index in [-0.39, 0.29) is 0 Å². The largest absolute Gasteiger partial charge is 0.397 e. The average Bonchev–Trinajstić information content (AvgIpc) is 2.65. The van der Waals surface area contributed by atoms with E-state index in [0.29, 0.717) is 0 Å². The monoisotopic (exact) mass is 600 g/mol. The molecule has 0 aromatic carbocycles. The van der Waals surface area contributed by atoms with Crippen LogP contribution in [-0.2, 0) is 24.1 Å². The Morgan fingerprint density at radius 1 is 0.639 bits per heavy atom. The van der Waals surface area contributed by atoms with Gasteiger partial charge in [-0.25, -0.2) is 21.7 Å². The molecule has 1 atom stereocenters. The minimum Gasteiger partial charge on any atom is -0.372 e. The van der Waals surface area contributed by atoms with Crippen molar-refractivity contribution in [1.29, 1.82) is 0 Å². The standard InChI is InChI=1S/C13H12F16O6S/c14-6(15)8(18,19)3-33-1-5(35-36(30,31)32)2-34-4-9(20,21)11(24,25)13(28,29)12(26,27)10(22,23)7(16)17/h5-7H,1-4H2,(H,30,31,32). The van der Waals surface area contributed by atoms with E-state index < -0.39 is 91.3 Å². The third-order valence-electron chi connectivity index (χ3n) is 3.70. The number of halogens is 16. The number of ether oxygens (including phenoxy) is 2.